The molecule has 0 bridgehead atoms. The summed E-state index contributed by atoms with van der Waals surface area (Å²) in [5, 5.41) is 0.303. The van der Waals surface area contributed by atoms with Crippen molar-refractivity contribution >= 4 is 29.6 Å². The maximum atomic E-state index is 6.08. The molecule has 11 heavy (non-hydrogen) atoms. The van der Waals surface area contributed by atoms with Crippen molar-refractivity contribution in [1.29, 1.82) is 0 Å². The number of halogens is 2. The molecule has 0 saturated carbocycles. The molecule has 0 aliphatic carbocycles. The molecule has 0 spiro atoms. The Morgan fingerprint density at radius 3 is 1.64 bits per heavy atom. The lowest BCUT2D eigenvalue weighted by Crippen LogP contribution is -2.22. The lowest BCUT2D eigenvalue weighted by molar-refractivity contribution is 0.471. The van der Waals surface area contributed by atoms with E-state index in [4.69, 9.17) is 22.2 Å². The Balaban J connectivity index is 4.20. The smallest absolute Gasteiger partial charge is 0.150 e. The van der Waals surface area contributed by atoms with Crippen LogP contribution in [0.4, 0.5) is 0 Å². The van der Waals surface area contributed by atoms with E-state index in [2.05, 4.69) is 20.8 Å². The van der Waals surface area contributed by atoms with Crippen molar-refractivity contribution < 1.29 is 0 Å². The first-order valence-electron chi connectivity index (χ1n) is 4.41. The van der Waals surface area contributed by atoms with Crippen molar-refractivity contribution in [2.75, 3.05) is 0 Å². The van der Waals surface area contributed by atoms with Crippen molar-refractivity contribution in [3.63, 3.8) is 0 Å². The van der Waals surface area contributed by atoms with Gasteiger partial charge in [-0.15, -0.1) is 22.2 Å². The largest absolute Gasteiger partial charge is 0.243 e. The van der Waals surface area contributed by atoms with Crippen LogP contribution in [-0.4, -0.2) is 7.42 Å². The Labute approximate surface area is 81.3 Å². The van der Waals surface area contributed by atoms with Crippen LogP contribution in [0.3, 0.4) is 0 Å². The summed E-state index contributed by atoms with van der Waals surface area (Å²) in [6, 6.07) is 0. The summed E-state index contributed by atoms with van der Waals surface area (Å²) < 4.78 is 0. The van der Waals surface area contributed by atoms with Gasteiger partial charge in [-0.2, -0.15) is 0 Å². The van der Waals surface area contributed by atoms with Crippen molar-refractivity contribution in [2.45, 2.75) is 51.5 Å². The molecule has 0 aliphatic rings. The van der Waals surface area contributed by atoms with Crippen LogP contribution in [0.15, 0.2) is 0 Å². The average molecular weight is 213 g/mol. The highest BCUT2D eigenvalue weighted by Gasteiger charge is 2.33. The Bertz CT molecular complexity index is 100. The summed E-state index contributed by atoms with van der Waals surface area (Å²) in [6.45, 7) is 6.60. The lowest BCUT2D eigenvalue weighted by atomic mass is 9.96. The molecule has 0 nitrogen and oxygen atoms in total. The first-order chi connectivity index (χ1) is 5.13. The maximum Gasteiger partial charge on any atom is 0.243 e. The van der Waals surface area contributed by atoms with E-state index in [9.17, 15) is 0 Å². The van der Waals surface area contributed by atoms with Gasteiger partial charge in [0.15, 0.2) is 0 Å². The molecular weight excluding hydrogens is 195 g/mol. The average Bonchev–Trinajstić information content (AvgIpc) is 2.00. The Kier molecular flexibility index (Phi) is 5.84. The first-order valence-corrected chi connectivity index (χ1v) is 8.48. The quantitative estimate of drug-likeness (QED) is 0.477. The van der Waals surface area contributed by atoms with E-state index in [1.165, 1.54) is 12.8 Å². The summed E-state index contributed by atoms with van der Waals surface area (Å²) in [6.07, 6.45) is 4.68. The predicted octanol–water partition coefficient (Wildman–Crippen LogP) is 4.05. The molecule has 3 heteroatoms. The second-order valence-electron chi connectivity index (χ2n) is 3.12. The molecule has 68 valence electrons. The molecule has 0 radical (unpaired) electrons. The molecule has 0 aliphatic heterocycles. The fourth-order valence-corrected chi connectivity index (χ4v) is 5.15. The lowest BCUT2D eigenvalue weighted by Gasteiger charge is -2.31. The summed E-state index contributed by atoms with van der Waals surface area (Å²) in [7, 11) is -1.49. The van der Waals surface area contributed by atoms with Gasteiger partial charge in [0.2, 0.25) is 7.42 Å². The van der Waals surface area contributed by atoms with E-state index in [1.54, 1.807) is 0 Å². The Hall–Kier alpha value is 0.797. The van der Waals surface area contributed by atoms with Crippen LogP contribution in [0, 0.1) is 0 Å². The zero-order chi connectivity index (χ0) is 8.91. The molecule has 0 amide bonds. The molecule has 0 heterocycles. The minimum absolute atomic E-state index is 0.303. The fraction of sp³-hybridized carbons (Fsp3) is 1.00. The third kappa shape index (κ3) is 2.96. The second kappa shape index (κ2) is 5.44. The topological polar surface area (TPSA) is 0 Å². The van der Waals surface area contributed by atoms with E-state index < -0.39 is 7.42 Å². The van der Waals surface area contributed by atoms with Gasteiger partial charge in [-0.05, 0) is 11.5 Å². The van der Waals surface area contributed by atoms with Crippen molar-refractivity contribution in [2.24, 2.45) is 0 Å². The minimum Gasteiger partial charge on any atom is -0.150 e. The highest BCUT2D eigenvalue weighted by molar-refractivity contribution is 7.35. The zero-order valence-corrected chi connectivity index (χ0v) is 10.3. The van der Waals surface area contributed by atoms with Crippen LogP contribution < -0.4 is 0 Å². The van der Waals surface area contributed by atoms with E-state index in [0.717, 1.165) is 12.8 Å². The van der Waals surface area contributed by atoms with Gasteiger partial charge in [-0.3, -0.25) is 0 Å². The highest BCUT2D eigenvalue weighted by Crippen LogP contribution is 2.45. The van der Waals surface area contributed by atoms with Crippen molar-refractivity contribution in [3.05, 3.63) is 0 Å². The number of hydrogen-bond acceptors (Lipinski definition) is 0. The van der Waals surface area contributed by atoms with E-state index in [0.29, 0.717) is 5.04 Å². The van der Waals surface area contributed by atoms with Gasteiger partial charge in [0.05, 0.1) is 0 Å². The van der Waals surface area contributed by atoms with E-state index >= 15 is 0 Å². The molecule has 0 aromatic rings. The third-order valence-corrected chi connectivity index (χ3v) is 7.43. The summed E-state index contributed by atoms with van der Waals surface area (Å²) >= 11 is 12.2. The number of rotatable bonds is 5. The fourth-order valence-electron chi connectivity index (χ4n) is 1.52. The second-order valence-corrected chi connectivity index (χ2v) is 8.24. The standard InChI is InChI=1S/C8H18Cl2Si/c1-4-7-8(5-2,6-3)11(9)10/h11H,4-7H2,1-3H3. The van der Waals surface area contributed by atoms with Crippen LogP contribution in [0.1, 0.15) is 46.5 Å². The van der Waals surface area contributed by atoms with Crippen LogP contribution >= 0.6 is 22.2 Å². The minimum atomic E-state index is -1.49. The normalized spacial score (nSPS) is 12.5. The molecule has 0 aromatic heterocycles. The van der Waals surface area contributed by atoms with Gasteiger partial charge in [0.25, 0.3) is 0 Å². The van der Waals surface area contributed by atoms with Gasteiger partial charge in [0.1, 0.15) is 0 Å². The van der Waals surface area contributed by atoms with Crippen molar-refractivity contribution in [3.8, 4) is 0 Å². The molecule has 0 rings (SSSR count). The summed E-state index contributed by atoms with van der Waals surface area (Å²) in [5.41, 5.74) is 0. The zero-order valence-electron chi connectivity index (χ0n) is 7.66. The Morgan fingerprint density at radius 2 is 1.55 bits per heavy atom. The maximum absolute atomic E-state index is 6.08. The third-order valence-electron chi connectivity index (χ3n) is 2.62. The molecule has 0 atom stereocenters. The van der Waals surface area contributed by atoms with Crippen LogP contribution in [0.2, 0.25) is 5.04 Å². The van der Waals surface area contributed by atoms with E-state index in [1.807, 2.05) is 0 Å². The molecule has 0 unspecified atom stereocenters. The highest BCUT2D eigenvalue weighted by atomic mass is 35.7. The molecule has 0 saturated heterocycles. The number of hydrogen-bond donors (Lipinski definition) is 0. The van der Waals surface area contributed by atoms with Crippen LogP contribution in [0.5, 0.6) is 0 Å². The summed E-state index contributed by atoms with van der Waals surface area (Å²) in [4.78, 5) is 0. The molecule has 0 N–H and O–H groups in total. The van der Waals surface area contributed by atoms with Gasteiger partial charge < -0.3 is 0 Å². The van der Waals surface area contributed by atoms with Gasteiger partial charge in [-0.25, -0.2) is 0 Å². The van der Waals surface area contributed by atoms with Gasteiger partial charge >= 0.3 is 0 Å². The molecule has 0 fully saturated rings. The summed E-state index contributed by atoms with van der Waals surface area (Å²) in [5.74, 6) is 0. The SMILES string of the molecule is CCCC(CC)(CC)[SiH](Cl)Cl. The Morgan fingerprint density at radius 1 is 1.09 bits per heavy atom. The monoisotopic (exact) mass is 212 g/mol. The van der Waals surface area contributed by atoms with Crippen LogP contribution in [0.25, 0.3) is 0 Å². The first kappa shape index (κ1) is 11.8. The van der Waals surface area contributed by atoms with Gasteiger partial charge in [-0.1, -0.05) is 40.0 Å². The van der Waals surface area contributed by atoms with E-state index in [-0.39, 0.29) is 0 Å². The molecular formula is C8H18Cl2Si. The molecule has 0 aromatic carbocycles. The van der Waals surface area contributed by atoms with Crippen molar-refractivity contribution in [1.82, 2.24) is 0 Å². The van der Waals surface area contributed by atoms with Crippen LogP contribution in [-0.2, 0) is 0 Å². The predicted molar refractivity (Wildman–Crippen MR) is 57.0 cm³/mol. The van der Waals surface area contributed by atoms with Gasteiger partial charge in [0, 0.05) is 0 Å².